The molecule has 3 aromatic heterocycles. The lowest BCUT2D eigenvalue weighted by Gasteiger charge is -1.96. The second-order valence-electron chi connectivity index (χ2n) is 4.64. The van der Waals surface area contributed by atoms with Crippen molar-refractivity contribution in [3.63, 3.8) is 0 Å². The molecule has 0 bridgehead atoms. The van der Waals surface area contributed by atoms with Gasteiger partial charge >= 0.3 is 0 Å². The number of benzene rings is 1. The van der Waals surface area contributed by atoms with Crippen LogP contribution in [0.15, 0.2) is 49.1 Å². The van der Waals surface area contributed by atoms with E-state index in [1.807, 2.05) is 24.3 Å². The van der Waals surface area contributed by atoms with Crippen LogP contribution in [0.25, 0.3) is 15.7 Å². The Kier molecular flexibility index (Phi) is 2.75. The highest BCUT2D eigenvalue weighted by Gasteiger charge is 2.15. The fraction of sp³-hybridized carbons (Fsp3) is 0.0667. The molecule has 0 aliphatic rings. The first-order valence-electron chi connectivity index (χ1n) is 6.46. The number of rotatable bonds is 3. The number of thiazole rings is 1. The maximum Gasteiger partial charge on any atom is 0.173 e. The van der Waals surface area contributed by atoms with Crippen LogP contribution in [-0.2, 0) is 6.42 Å². The molecule has 0 amide bonds. The van der Waals surface area contributed by atoms with Gasteiger partial charge in [0.15, 0.2) is 5.78 Å². The molecule has 1 aromatic carbocycles. The summed E-state index contributed by atoms with van der Waals surface area (Å²) in [5, 5.41) is 4.99. The smallest absolute Gasteiger partial charge is 0.173 e. The molecule has 6 heteroatoms. The number of carbonyl (C=O) groups excluding carboxylic acids is 1. The summed E-state index contributed by atoms with van der Waals surface area (Å²) in [4.78, 5) is 21.0. The zero-order valence-electron chi connectivity index (χ0n) is 10.9. The van der Waals surface area contributed by atoms with Crippen LogP contribution in [0.3, 0.4) is 0 Å². The Morgan fingerprint density at radius 2 is 2.14 bits per heavy atom. The van der Waals surface area contributed by atoms with Crippen molar-refractivity contribution in [2.24, 2.45) is 0 Å². The minimum absolute atomic E-state index is 0.0112. The van der Waals surface area contributed by atoms with Gasteiger partial charge in [-0.15, -0.1) is 11.3 Å². The lowest BCUT2D eigenvalue weighted by Crippen LogP contribution is -2.03. The Hall–Kier alpha value is -2.60. The first-order chi connectivity index (χ1) is 10.3. The maximum absolute atomic E-state index is 12.5. The number of para-hydroxylation sites is 1. The molecule has 0 atom stereocenters. The zero-order chi connectivity index (χ0) is 14.2. The summed E-state index contributed by atoms with van der Waals surface area (Å²) in [6.45, 7) is 0. The SMILES string of the molecule is O=C(Cc1nc2ccccc2s1)c1cnn2ccncc12. The van der Waals surface area contributed by atoms with Crippen molar-refractivity contribution >= 4 is 32.9 Å². The predicted octanol–water partition coefficient (Wildman–Crippen LogP) is 2.76. The van der Waals surface area contributed by atoms with E-state index < -0.39 is 0 Å². The molecule has 4 rings (SSSR count). The van der Waals surface area contributed by atoms with E-state index in [1.165, 1.54) is 0 Å². The van der Waals surface area contributed by atoms with Crippen molar-refractivity contribution in [3.8, 4) is 0 Å². The highest BCUT2D eigenvalue weighted by Crippen LogP contribution is 2.23. The third-order valence-electron chi connectivity index (χ3n) is 3.28. The van der Waals surface area contributed by atoms with Crippen LogP contribution in [0.1, 0.15) is 15.4 Å². The van der Waals surface area contributed by atoms with Gasteiger partial charge in [-0.3, -0.25) is 9.78 Å². The molecule has 3 heterocycles. The molecule has 0 N–H and O–H groups in total. The van der Waals surface area contributed by atoms with Crippen LogP contribution >= 0.6 is 11.3 Å². The van der Waals surface area contributed by atoms with Gasteiger partial charge in [0.2, 0.25) is 0 Å². The third-order valence-corrected chi connectivity index (χ3v) is 4.31. The molecule has 0 saturated heterocycles. The molecule has 102 valence electrons. The Balaban J connectivity index is 1.69. The lowest BCUT2D eigenvalue weighted by atomic mass is 10.1. The maximum atomic E-state index is 12.5. The van der Waals surface area contributed by atoms with Crippen molar-refractivity contribution in [2.45, 2.75) is 6.42 Å². The van der Waals surface area contributed by atoms with Crippen molar-refractivity contribution in [1.82, 2.24) is 19.6 Å². The van der Waals surface area contributed by atoms with Crippen molar-refractivity contribution in [1.29, 1.82) is 0 Å². The van der Waals surface area contributed by atoms with Crippen molar-refractivity contribution in [2.75, 3.05) is 0 Å². The minimum atomic E-state index is 0.0112. The van der Waals surface area contributed by atoms with Gasteiger partial charge in [-0.2, -0.15) is 5.10 Å². The van der Waals surface area contributed by atoms with Gasteiger partial charge in [-0.25, -0.2) is 9.50 Å². The minimum Gasteiger partial charge on any atom is -0.294 e. The van der Waals surface area contributed by atoms with Gasteiger partial charge in [-0.1, -0.05) is 12.1 Å². The van der Waals surface area contributed by atoms with Crippen LogP contribution in [0.2, 0.25) is 0 Å². The predicted molar refractivity (Wildman–Crippen MR) is 80.6 cm³/mol. The summed E-state index contributed by atoms with van der Waals surface area (Å²) >= 11 is 1.55. The first-order valence-corrected chi connectivity index (χ1v) is 7.28. The first kappa shape index (κ1) is 12.2. The molecule has 0 spiro atoms. The van der Waals surface area contributed by atoms with E-state index in [-0.39, 0.29) is 12.2 Å². The number of aromatic nitrogens is 4. The van der Waals surface area contributed by atoms with Gasteiger partial charge in [0, 0.05) is 12.4 Å². The number of ketones is 1. The summed E-state index contributed by atoms with van der Waals surface area (Å²) < 4.78 is 2.75. The van der Waals surface area contributed by atoms with Gasteiger partial charge < -0.3 is 0 Å². The second-order valence-corrected chi connectivity index (χ2v) is 5.75. The standard InChI is InChI=1S/C15H10N4OS/c20-13(10-8-17-19-6-5-16-9-12(10)19)7-15-18-11-3-1-2-4-14(11)21-15/h1-6,8-9H,7H2. The monoisotopic (exact) mass is 294 g/mol. The van der Waals surface area contributed by atoms with Crippen molar-refractivity contribution in [3.05, 3.63) is 59.6 Å². The fourth-order valence-corrected chi connectivity index (χ4v) is 3.24. The molecule has 21 heavy (non-hydrogen) atoms. The summed E-state index contributed by atoms with van der Waals surface area (Å²) in [5.74, 6) is 0.0112. The molecule has 0 fully saturated rings. The van der Waals surface area contributed by atoms with Gasteiger partial charge in [0.1, 0.15) is 5.01 Å². The highest BCUT2D eigenvalue weighted by molar-refractivity contribution is 7.18. The van der Waals surface area contributed by atoms with Gasteiger partial charge in [0.05, 0.1) is 40.1 Å². The number of Topliss-reactive ketones (excluding diaryl/α,β-unsaturated/α-hetero) is 1. The lowest BCUT2D eigenvalue weighted by molar-refractivity contribution is 0.0994. The molecular weight excluding hydrogens is 284 g/mol. The highest BCUT2D eigenvalue weighted by atomic mass is 32.1. The molecule has 5 nitrogen and oxygen atoms in total. The van der Waals surface area contributed by atoms with Crippen molar-refractivity contribution < 1.29 is 4.79 Å². The summed E-state index contributed by atoms with van der Waals surface area (Å²) in [5.41, 5.74) is 2.25. The van der Waals surface area contributed by atoms with E-state index in [0.29, 0.717) is 5.56 Å². The van der Waals surface area contributed by atoms with Gasteiger partial charge in [0.25, 0.3) is 0 Å². The molecule has 0 radical (unpaired) electrons. The van der Waals surface area contributed by atoms with Crippen LogP contribution in [-0.4, -0.2) is 25.4 Å². The molecule has 0 aliphatic heterocycles. The van der Waals surface area contributed by atoms with Crippen LogP contribution in [0.4, 0.5) is 0 Å². The second kappa shape index (κ2) is 4.75. The van der Waals surface area contributed by atoms with Crippen LogP contribution < -0.4 is 0 Å². The molecule has 0 saturated carbocycles. The van der Waals surface area contributed by atoms with E-state index in [0.717, 1.165) is 20.7 Å². The molecular formula is C15H10N4OS. The van der Waals surface area contributed by atoms with E-state index >= 15 is 0 Å². The summed E-state index contributed by atoms with van der Waals surface area (Å²) in [6, 6.07) is 7.90. The Morgan fingerprint density at radius 3 is 3.05 bits per heavy atom. The number of fused-ring (bicyclic) bond motifs is 2. The average molecular weight is 294 g/mol. The quantitative estimate of drug-likeness (QED) is 0.545. The normalized spacial score (nSPS) is 11.2. The van der Waals surface area contributed by atoms with E-state index in [9.17, 15) is 4.79 Å². The molecule has 0 aliphatic carbocycles. The Bertz CT molecular complexity index is 923. The molecule has 0 unspecified atom stereocenters. The number of nitrogens with zero attached hydrogens (tertiary/aromatic N) is 4. The fourth-order valence-electron chi connectivity index (χ4n) is 2.28. The van der Waals surface area contributed by atoms with E-state index in [2.05, 4.69) is 15.1 Å². The van der Waals surface area contributed by atoms with E-state index in [4.69, 9.17) is 0 Å². The summed E-state index contributed by atoms with van der Waals surface area (Å²) in [6.07, 6.45) is 6.90. The van der Waals surface area contributed by atoms with Crippen LogP contribution in [0, 0.1) is 0 Å². The summed E-state index contributed by atoms with van der Waals surface area (Å²) in [7, 11) is 0. The Morgan fingerprint density at radius 1 is 1.24 bits per heavy atom. The molecule has 4 aromatic rings. The van der Waals surface area contributed by atoms with Crippen LogP contribution in [0.5, 0.6) is 0 Å². The third kappa shape index (κ3) is 2.09. The average Bonchev–Trinajstić information content (AvgIpc) is 3.10. The Labute approximate surface area is 123 Å². The van der Waals surface area contributed by atoms with Gasteiger partial charge in [-0.05, 0) is 12.1 Å². The van der Waals surface area contributed by atoms with E-state index in [1.54, 1.807) is 40.6 Å². The topological polar surface area (TPSA) is 60.2 Å². The number of hydrogen-bond acceptors (Lipinski definition) is 5. The number of carbonyl (C=O) groups is 1. The number of hydrogen-bond donors (Lipinski definition) is 0. The zero-order valence-corrected chi connectivity index (χ0v) is 11.7. The largest absolute Gasteiger partial charge is 0.294 e.